The van der Waals surface area contributed by atoms with Crippen LogP contribution in [0.15, 0.2) is 36.4 Å². The van der Waals surface area contributed by atoms with E-state index in [1.54, 1.807) is 13.2 Å². The van der Waals surface area contributed by atoms with Crippen LogP contribution in [-0.2, 0) is 6.54 Å². The summed E-state index contributed by atoms with van der Waals surface area (Å²) in [5, 5.41) is 12.2. The molecule has 0 aliphatic rings. The van der Waals surface area contributed by atoms with Crippen LogP contribution >= 0.6 is 0 Å². The van der Waals surface area contributed by atoms with Crippen LogP contribution in [-0.4, -0.2) is 13.7 Å². The number of rotatable bonds is 5. The average molecular weight is 284 g/mol. The first-order valence-corrected chi connectivity index (χ1v) is 6.76. The highest BCUT2D eigenvalue weighted by Gasteiger charge is 2.08. The third kappa shape index (κ3) is 3.59. The molecule has 0 radical (unpaired) electrons. The number of hydrogen-bond donors (Lipinski definition) is 1. The zero-order chi connectivity index (χ0) is 15.2. The van der Waals surface area contributed by atoms with Crippen molar-refractivity contribution in [3.8, 4) is 22.9 Å². The van der Waals surface area contributed by atoms with Crippen LogP contribution in [0.1, 0.15) is 18.1 Å². The molecule has 0 aliphatic carbocycles. The van der Waals surface area contributed by atoms with Crippen LogP contribution in [0, 0.1) is 17.1 Å². The molecule has 0 saturated heterocycles. The van der Waals surface area contributed by atoms with E-state index in [-0.39, 0.29) is 0 Å². The Bertz CT molecular complexity index is 677. The lowest BCUT2D eigenvalue weighted by Crippen LogP contribution is -2.12. The summed E-state index contributed by atoms with van der Waals surface area (Å²) in [7, 11) is 1.63. The van der Waals surface area contributed by atoms with Gasteiger partial charge in [0.05, 0.1) is 18.7 Å². The molecule has 0 heterocycles. The quantitative estimate of drug-likeness (QED) is 0.914. The highest BCUT2D eigenvalue weighted by Crippen LogP contribution is 2.28. The minimum absolute atomic E-state index is 0.314. The number of nitrogens with one attached hydrogen (secondary N) is 1. The Morgan fingerprint density at radius 3 is 2.67 bits per heavy atom. The Balaban J connectivity index is 2.44. The number of halogens is 1. The molecule has 2 aromatic rings. The normalized spacial score (nSPS) is 10.2. The molecule has 2 aromatic carbocycles. The second-order valence-corrected chi connectivity index (χ2v) is 4.65. The van der Waals surface area contributed by atoms with Crippen molar-refractivity contribution in [1.82, 2.24) is 5.32 Å². The predicted octanol–water partition coefficient (Wildman–Crippen LogP) is 3.48. The maximum Gasteiger partial charge on any atom is 0.125 e. The van der Waals surface area contributed by atoms with Gasteiger partial charge in [0.1, 0.15) is 11.6 Å². The van der Waals surface area contributed by atoms with Gasteiger partial charge in [0.2, 0.25) is 0 Å². The number of nitrogens with zero attached hydrogens (tertiary/aromatic N) is 1. The largest absolute Gasteiger partial charge is 0.496 e. The van der Waals surface area contributed by atoms with Crippen molar-refractivity contribution < 1.29 is 9.13 Å². The molecule has 0 amide bonds. The molecule has 0 bridgehead atoms. The smallest absolute Gasteiger partial charge is 0.125 e. The summed E-state index contributed by atoms with van der Waals surface area (Å²) in [6, 6.07) is 12.0. The lowest BCUT2D eigenvalue weighted by molar-refractivity contribution is 0.408. The first-order chi connectivity index (χ1) is 10.2. The highest BCUT2D eigenvalue weighted by molar-refractivity contribution is 5.67. The van der Waals surface area contributed by atoms with Crippen molar-refractivity contribution in [3.05, 3.63) is 53.3 Å². The molecule has 3 nitrogen and oxygen atoms in total. The molecule has 0 fully saturated rings. The third-order valence-electron chi connectivity index (χ3n) is 3.21. The van der Waals surface area contributed by atoms with Crippen molar-refractivity contribution in [2.45, 2.75) is 13.5 Å². The van der Waals surface area contributed by atoms with Gasteiger partial charge in [-0.05, 0) is 48.0 Å². The maximum absolute atomic E-state index is 13.6. The van der Waals surface area contributed by atoms with E-state index in [4.69, 9.17) is 10.00 Å². The van der Waals surface area contributed by atoms with Gasteiger partial charge in [-0.2, -0.15) is 5.26 Å². The van der Waals surface area contributed by atoms with Crippen molar-refractivity contribution in [1.29, 1.82) is 5.26 Å². The van der Waals surface area contributed by atoms with Crippen molar-refractivity contribution in [2.24, 2.45) is 0 Å². The fraction of sp³-hybridized carbons (Fsp3) is 0.235. The van der Waals surface area contributed by atoms with Crippen LogP contribution in [0.3, 0.4) is 0 Å². The van der Waals surface area contributed by atoms with Gasteiger partial charge in [0.15, 0.2) is 0 Å². The second-order valence-electron chi connectivity index (χ2n) is 4.65. The lowest BCUT2D eigenvalue weighted by Gasteiger charge is -2.11. The number of hydrogen-bond acceptors (Lipinski definition) is 3. The van der Waals surface area contributed by atoms with E-state index >= 15 is 0 Å². The van der Waals surface area contributed by atoms with Gasteiger partial charge in [0, 0.05) is 12.1 Å². The monoisotopic (exact) mass is 284 g/mol. The molecule has 0 saturated carbocycles. The highest BCUT2D eigenvalue weighted by atomic mass is 19.1. The lowest BCUT2D eigenvalue weighted by atomic mass is 10.0. The molecule has 21 heavy (non-hydrogen) atoms. The molecular formula is C17H17FN2O. The van der Waals surface area contributed by atoms with Gasteiger partial charge in [-0.3, -0.25) is 0 Å². The Morgan fingerprint density at radius 2 is 2.00 bits per heavy atom. The first-order valence-electron chi connectivity index (χ1n) is 6.76. The number of methoxy groups -OCH3 is 1. The number of ether oxygens (including phenoxy) is 1. The first kappa shape index (κ1) is 15.0. The molecule has 1 N–H and O–H groups in total. The summed E-state index contributed by atoms with van der Waals surface area (Å²) in [6.07, 6.45) is 0. The Labute approximate surface area is 124 Å². The molecule has 0 spiro atoms. The molecule has 108 valence electrons. The van der Waals surface area contributed by atoms with E-state index in [1.807, 2.05) is 31.2 Å². The molecule has 0 aliphatic heterocycles. The third-order valence-corrected chi connectivity index (χ3v) is 3.21. The summed E-state index contributed by atoms with van der Waals surface area (Å²) < 4.78 is 18.9. The number of benzene rings is 2. The fourth-order valence-corrected chi connectivity index (χ4v) is 2.18. The van der Waals surface area contributed by atoms with Gasteiger partial charge >= 0.3 is 0 Å². The molecule has 0 unspecified atom stereocenters. The van der Waals surface area contributed by atoms with Crippen LogP contribution < -0.4 is 10.1 Å². The summed E-state index contributed by atoms with van der Waals surface area (Å²) >= 11 is 0. The summed E-state index contributed by atoms with van der Waals surface area (Å²) in [6.45, 7) is 3.56. The van der Waals surface area contributed by atoms with Crippen molar-refractivity contribution in [3.63, 3.8) is 0 Å². The van der Waals surface area contributed by atoms with Gasteiger partial charge in [-0.15, -0.1) is 0 Å². The average Bonchev–Trinajstić information content (AvgIpc) is 2.51. The Hall–Kier alpha value is -2.38. The zero-order valence-corrected chi connectivity index (χ0v) is 12.1. The van der Waals surface area contributed by atoms with Gasteiger partial charge < -0.3 is 10.1 Å². The molecule has 4 heteroatoms. The molecule has 2 rings (SSSR count). The summed E-state index contributed by atoms with van der Waals surface area (Å²) in [5.41, 5.74) is 2.86. The summed E-state index contributed by atoms with van der Waals surface area (Å²) in [4.78, 5) is 0. The topological polar surface area (TPSA) is 45.0 Å². The SMILES string of the molecule is CCNCc1cc(-c2cc(F)cc(C#N)c2)ccc1OC. The molecular weight excluding hydrogens is 267 g/mol. The summed E-state index contributed by atoms with van der Waals surface area (Å²) in [5.74, 6) is 0.379. The van der Waals surface area contributed by atoms with Gasteiger partial charge in [-0.1, -0.05) is 13.0 Å². The van der Waals surface area contributed by atoms with E-state index < -0.39 is 5.82 Å². The van der Waals surface area contributed by atoms with E-state index in [0.29, 0.717) is 17.7 Å². The van der Waals surface area contributed by atoms with Crippen molar-refractivity contribution in [2.75, 3.05) is 13.7 Å². The van der Waals surface area contributed by atoms with Gasteiger partial charge in [-0.25, -0.2) is 4.39 Å². The van der Waals surface area contributed by atoms with E-state index in [2.05, 4.69) is 5.32 Å². The maximum atomic E-state index is 13.6. The van der Waals surface area contributed by atoms with E-state index in [1.165, 1.54) is 12.1 Å². The standard InChI is InChI=1S/C17H17FN2O/c1-3-20-11-15-8-13(4-5-17(15)21-2)14-6-12(10-19)7-16(18)9-14/h4-9,20H,3,11H2,1-2H3. The Kier molecular flexibility index (Phi) is 4.91. The van der Waals surface area contributed by atoms with E-state index in [9.17, 15) is 4.39 Å². The van der Waals surface area contributed by atoms with Crippen molar-refractivity contribution >= 4 is 0 Å². The minimum Gasteiger partial charge on any atom is -0.496 e. The Morgan fingerprint density at radius 1 is 1.19 bits per heavy atom. The fourth-order valence-electron chi connectivity index (χ4n) is 2.18. The second kappa shape index (κ2) is 6.87. The van der Waals surface area contributed by atoms with Crippen LogP contribution in [0.25, 0.3) is 11.1 Å². The predicted molar refractivity (Wildman–Crippen MR) is 80.5 cm³/mol. The molecule has 0 atom stereocenters. The van der Waals surface area contributed by atoms with Crippen LogP contribution in [0.4, 0.5) is 4.39 Å². The van der Waals surface area contributed by atoms with E-state index in [0.717, 1.165) is 23.4 Å². The van der Waals surface area contributed by atoms with Crippen LogP contribution in [0.5, 0.6) is 5.75 Å². The molecule has 0 aromatic heterocycles. The minimum atomic E-state index is -0.409. The zero-order valence-electron chi connectivity index (χ0n) is 12.1. The van der Waals surface area contributed by atoms with Gasteiger partial charge in [0.25, 0.3) is 0 Å². The number of nitriles is 1. The van der Waals surface area contributed by atoms with Crippen LogP contribution in [0.2, 0.25) is 0 Å².